The number of unbranched alkanes of at least 4 members (excludes halogenated alkanes) is 2. The lowest BCUT2D eigenvalue weighted by Crippen LogP contribution is -2.19. The van der Waals surface area contributed by atoms with Gasteiger partial charge in [0.1, 0.15) is 6.17 Å². The number of alkyl halides is 1. The normalized spacial score (nSPS) is 28.2. The van der Waals surface area contributed by atoms with E-state index in [1.54, 1.807) is 19.1 Å². The number of aliphatic hydroxyl groups excluding tert-OH is 3. The van der Waals surface area contributed by atoms with Crippen molar-refractivity contribution in [2.24, 2.45) is 11.8 Å². The van der Waals surface area contributed by atoms with Gasteiger partial charge in [-0.05, 0) is 39.0 Å². The zero-order valence-corrected chi connectivity index (χ0v) is 16.2. The van der Waals surface area contributed by atoms with Crippen molar-refractivity contribution in [2.75, 3.05) is 0 Å². The Morgan fingerprint density at radius 3 is 2.56 bits per heavy atom. The van der Waals surface area contributed by atoms with Crippen LogP contribution in [0, 0.1) is 11.8 Å². The van der Waals surface area contributed by atoms with E-state index in [1.165, 1.54) is 0 Å². The van der Waals surface area contributed by atoms with Gasteiger partial charge < -0.3 is 20.4 Å². The summed E-state index contributed by atoms with van der Waals surface area (Å²) in [5, 5.41) is 38.0. The van der Waals surface area contributed by atoms with Gasteiger partial charge in [-0.1, -0.05) is 37.1 Å². The van der Waals surface area contributed by atoms with Crippen LogP contribution >= 0.6 is 0 Å². The molecule has 0 heterocycles. The Morgan fingerprint density at radius 2 is 1.89 bits per heavy atom. The Kier molecular flexibility index (Phi) is 11.5. The third kappa shape index (κ3) is 10.0. The number of aliphatic hydroxyl groups is 3. The van der Waals surface area contributed by atoms with Gasteiger partial charge in [0.25, 0.3) is 0 Å². The molecule has 0 spiro atoms. The summed E-state index contributed by atoms with van der Waals surface area (Å²) in [4.78, 5) is 10.5. The van der Waals surface area contributed by atoms with Crippen LogP contribution in [-0.2, 0) is 4.79 Å². The molecule has 1 aliphatic carbocycles. The van der Waals surface area contributed by atoms with Crippen molar-refractivity contribution in [3.63, 3.8) is 0 Å². The van der Waals surface area contributed by atoms with Crippen LogP contribution in [0.5, 0.6) is 0 Å². The van der Waals surface area contributed by atoms with E-state index in [0.717, 1.165) is 12.8 Å². The van der Waals surface area contributed by atoms with Crippen LogP contribution in [0.15, 0.2) is 24.3 Å². The van der Waals surface area contributed by atoms with Crippen LogP contribution < -0.4 is 0 Å². The molecular formula is C21H35FO5. The van der Waals surface area contributed by atoms with Crippen LogP contribution in [0.3, 0.4) is 0 Å². The van der Waals surface area contributed by atoms with Gasteiger partial charge >= 0.3 is 5.97 Å². The molecule has 6 heteroatoms. The van der Waals surface area contributed by atoms with Crippen molar-refractivity contribution in [2.45, 2.75) is 89.2 Å². The highest BCUT2D eigenvalue weighted by molar-refractivity contribution is 5.66. The predicted octanol–water partition coefficient (Wildman–Crippen LogP) is 3.38. The molecule has 27 heavy (non-hydrogen) atoms. The van der Waals surface area contributed by atoms with Crippen molar-refractivity contribution in [1.29, 1.82) is 0 Å². The first-order valence-electron chi connectivity index (χ1n) is 10.0. The second kappa shape index (κ2) is 13.0. The van der Waals surface area contributed by atoms with Gasteiger partial charge in [-0.3, -0.25) is 4.79 Å². The second-order valence-electron chi connectivity index (χ2n) is 7.64. The zero-order chi connectivity index (χ0) is 20.2. The molecule has 5 nitrogen and oxygen atoms in total. The SMILES string of the molecule is C[C@H](O)CCCCC(O)C=C[C@@H]1[C@@H](CC=CCCCC(=O)O)[C@H](F)C[C@H]1O. The Morgan fingerprint density at radius 1 is 1.19 bits per heavy atom. The molecule has 0 bridgehead atoms. The van der Waals surface area contributed by atoms with Crippen molar-refractivity contribution < 1.29 is 29.6 Å². The molecule has 0 aliphatic heterocycles. The highest BCUT2D eigenvalue weighted by atomic mass is 19.1. The number of carboxylic acid groups (broad SMARTS) is 1. The Bertz CT molecular complexity index is 477. The lowest BCUT2D eigenvalue weighted by Gasteiger charge is -2.19. The van der Waals surface area contributed by atoms with E-state index in [1.807, 2.05) is 12.2 Å². The van der Waals surface area contributed by atoms with Crippen LogP contribution in [0.4, 0.5) is 4.39 Å². The zero-order valence-electron chi connectivity index (χ0n) is 16.2. The van der Waals surface area contributed by atoms with Crippen molar-refractivity contribution >= 4 is 5.97 Å². The van der Waals surface area contributed by atoms with Gasteiger partial charge in [0.15, 0.2) is 0 Å². The van der Waals surface area contributed by atoms with Gasteiger partial charge in [0.2, 0.25) is 0 Å². The monoisotopic (exact) mass is 386 g/mol. The van der Waals surface area contributed by atoms with Gasteiger partial charge in [-0.2, -0.15) is 0 Å². The highest BCUT2D eigenvalue weighted by Gasteiger charge is 2.40. The minimum absolute atomic E-state index is 0.108. The lowest BCUT2D eigenvalue weighted by atomic mass is 9.90. The number of aliphatic carboxylic acids is 1. The number of hydrogen-bond acceptors (Lipinski definition) is 4. The predicted molar refractivity (Wildman–Crippen MR) is 103 cm³/mol. The Hall–Kier alpha value is -1.24. The van der Waals surface area contributed by atoms with E-state index >= 15 is 0 Å². The van der Waals surface area contributed by atoms with Crippen LogP contribution in [0.25, 0.3) is 0 Å². The fourth-order valence-corrected chi connectivity index (χ4v) is 3.55. The first-order chi connectivity index (χ1) is 12.8. The number of rotatable bonds is 13. The highest BCUT2D eigenvalue weighted by Crippen LogP contribution is 2.38. The molecule has 1 fully saturated rings. The molecule has 0 amide bonds. The molecule has 0 saturated heterocycles. The van der Waals surface area contributed by atoms with Gasteiger partial charge in [-0.15, -0.1) is 0 Å². The molecule has 156 valence electrons. The van der Waals surface area contributed by atoms with E-state index in [-0.39, 0.29) is 30.8 Å². The molecule has 4 N–H and O–H groups in total. The largest absolute Gasteiger partial charge is 0.481 e. The molecule has 1 rings (SSSR count). The van der Waals surface area contributed by atoms with Crippen molar-refractivity contribution in [1.82, 2.24) is 0 Å². The quantitative estimate of drug-likeness (QED) is 0.287. The maximum atomic E-state index is 14.2. The maximum Gasteiger partial charge on any atom is 0.303 e. The summed E-state index contributed by atoms with van der Waals surface area (Å²) < 4.78 is 14.2. The standard InChI is InChI=1S/C21H35FO5/c1-15(23)8-6-7-9-16(24)12-13-18-17(19(22)14-20(18)25)10-4-2-3-5-11-21(26)27/h2,4,12-13,15-20,23-25H,3,5-11,14H2,1H3,(H,26,27)/t15-,16?,17+,18+,19+,20+/m0/s1. The summed E-state index contributed by atoms with van der Waals surface area (Å²) in [5.74, 6) is -1.47. The second-order valence-corrected chi connectivity index (χ2v) is 7.64. The Labute approximate surface area is 161 Å². The number of allylic oxidation sites excluding steroid dienone is 2. The smallest absolute Gasteiger partial charge is 0.303 e. The number of carbonyl (C=O) groups is 1. The molecule has 6 atom stereocenters. The molecule has 1 unspecified atom stereocenters. The molecule has 1 aliphatic rings. The summed E-state index contributed by atoms with van der Waals surface area (Å²) >= 11 is 0. The van der Waals surface area contributed by atoms with Crippen LogP contribution in [0.2, 0.25) is 0 Å². The summed E-state index contributed by atoms with van der Waals surface area (Å²) in [7, 11) is 0. The summed E-state index contributed by atoms with van der Waals surface area (Å²) in [6.45, 7) is 1.74. The fraction of sp³-hybridized carbons (Fsp3) is 0.762. The fourth-order valence-electron chi connectivity index (χ4n) is 3.55. The van der Waals surface area contributed by atoms with Gasteiger partial charge in [0, 0.05) is 24.7 Å². The van der Waals surface area contributed by atoms with Gasteiger partial charge in [0.05, 0.1) is 18.3 Å². The lowest BCUT2D eigenvalue weighted by molar-refractivity contribution is -0.137. The van der Waals surface area contributed by atoms with Crippen LogP contribution in [0.1, 0.15) is 64.7 Å². The average molecular weight is 387 g/mol. The van der Waals surface area contributed by atoms with Gasteiger partial charge in [-0.25, -0.2) is 4.39 Å². The van der Waals surface area contributed by atoms with Crippen molar-refractivity contribution in [3.8, 4) is 0 Å². The molecular weight excluding hydrogens is 351 g/mol. The van der Waals surface area contributed by atoms with Crippen molar-refractivity contribution in [3.05, 3.63) is 24.3 Å². The molecule has 0 radical (unpaired) electrons. The Balaban J connectivity index is 2.43. The number of carboxylic acids is 1. The van der Waals surface area contributed by atoms with E-state index in [2.05, 4.69) is 0 Å². The average Bonchev–Trinajstić information content (AvgIpc) is 2.85. The van der Waals surface area contributed by atoms with Crippen LogP contribution in [-0.4, -0.2) is 50.9 Å². The molecule has 0 aromatic heterocycles. The molecule has 0 aromatic rings. The number of hydrogen-bond donors (Lipinski definition) is 4. The first kappa shape index (κ1) is 23.8. The minimum Gasteiger partial charge on any atom is -0.481 e. The third-order valence-electron chi connectivity index (χ3n) is 5.13. The summed E-state index contributed by atoms with van der Waals surface area (Å²) in [5.41, 5.74) is 0. The van der Waals surface area contributed by atoms with E-state index < -0.39 is 24.3 Å². The minimum atomic E-state index is -1.08. The van der Waals surface area contributed by atoms with E-state index in [9.17, 15) is 24.5 Å². The molecule has 0 aromatic carbocycles. The summed E-state index contributed by atoms with van der Waals surface area (Å²) in [6.07, 6.45) is 9.21. The first-order valence-corrected chi connectivity index (χ1v) is 10.0. The van der Waals surface area contributed by atoms with E-state index in [4.69, 9.17) is 5.11 Å². The maximum absolute atomic E-state index is 14.2. The third-order valence-corrected chi connectivity index (χ3v) is 5.13. The summed E-state index contributed by atoms with van der Waals surface area (Å²) in [6, 6.07) is 0. The van der Waals surface area contributed by atoms with E-state index in [0.29, 0.717) is 32.1 Å². The molecule has 1 saturated carbocycles. The topological polar surface area (TPSA) is 98.0 Å². The number of halogens is 1.